The lowest BCUT2D eigenvalue weighted by molar-refractivity contribution is 0.316. The van der Waals surface area contributed by atoms with E-state index in [0.717, 1.165) is 25.9 Å². The number of aryl methyl sites for hydroxylation is 2. The van der Waals surface area contributed by atoms with Crippen LogP contribution in [-0.2, 0) is 19.4 Å². The highest BCUT2D eigenvalue weighted by molar-refractivity contribution is 7.12. The summed E-state index contributed by atoms with van der Waals surface area (Å²) in [5, 5.41) is 14.8. The minimum atomic E-state index is 0.324. The molecule has 100 valence electrons. The van der Waals surface area contributed by atoms with Gasteiger partial charge in [-0.25, -0.2) is 0 Å². The Morgan fingerprint density at radius 2 is 2.33 bits per heavy atom. The second kappa shape index (κ2) is 6.75. The summed E-state index contributed by atoms with van der Waals surface area (Å²) in [6.07, 6.45) is 6.57. The lowest BCUT2D eigenvalue weighted by Gasteiger charge is -2.03. The van der Waals surface area contributed by atoms with Gasteiger partial charge in [0.15, 0.2) is 0 Å². The first-order valence-corrected chi connectivity index (χ1v) is 7.39. The van der Waals surface area contributed by atoms with Crippen LogP contribution in [0.15, 0.2) is 11.2 Å². The van der Waals surface area contributed by atoms with E-state index in [4.69, 9.17) is 10.9 Å². The van der Waals surface area contributed by atoms with Gasteiger partial charge in [-0.15, -0.1) is 11.3 Å². The summed E-state index contributed by atoms with van der Waals surface area (Å²) in [5.74, 6) is 0.324. The molecule has 0 unspecified atom stereocenters. The van der Waals surface area contributed by atoms with Gasteiger partial charge >= 0.3 is 0 Å². The smallest absolute Gasteiger partial charge is 0.139 e. The predicted molar refractivity (Wildman–Crippen MR) is 75.3 cm³/mol. The molecule has 4 nitrogen and oxygen atoms in total. The molecule has 0 atom stereocenters. The van der Waals surface area contributed by atoms with Crippen LogP contribution in [0.4, 0.5) is 0 Å². The van der Waals surface area contributed by atoms with E-state index < -0.39 is 0 Å². The van der Waals surface area contributed by atoms with Gasteiger partial charge in [-0.2, -0.15) is 0 Å². The maximum atomic E-state index is 8.39. The molecule has 0 radical (unpaired) electrons. The molecule has 0 aliphatic heterocycles. The van der Waals surface area contributed by atoms with Crippen LogP contribution in [-0.4, -0.2) is 17.6 Å². The van der Waals surface area contributed by atoms with Crippen molar-refractivity contribution in [3.8, 4) is 0 Å². The number of nitrogens with zero attached hydrogens (tertiary/aromatic N) is 1. The van der Waals surface area contributed by atoms with Crippen molar-refractivity contribution in [2.75, 3.05) is 6.54 Å². The Balaban J connectivity index is 1.58. The lowest BCUT2D eigenvalue weighted by atomic mass is 10.2. The third-order valence-corrected chi connectivity index (χ3v) is 4.50. The summed E-state index contributed by atoms with van der Waals surface area (Å²) in [7, 11) is 0. The average molecular weight is 267 g/mol. The summed E-state index contributed by atoms with van der Waals surface area (Å²) < 4.78 is 0. The molecule has 1 heterocycles. The summed E-state index contributed by atoms with van der Waals surface area (Å²) in [6, 6.07) is 2.36. The molecule has 4 N–H and O–H groups in total. The minimum absolute atomic E-state index is 0.324. The summed E-state index contributed by atoms with van der Waals surface area (Å²) in [5.41, 5.74) is 6.97. The lowest BCUT2D eigenvalue weighted by Crippen LogP contribution is -2.16. The molecule has 0 saturated carbocycles. The van der Waals surface area contributed by atoms with Crippen molar-refractivity contribution in [1.82, 2.24) is 5.32 Å². The van der Waals surface area contributed by atoms with Crippen molar-refractivity contribution in [1.29, 1.82) is 0 Å². The number of nitrogens with one attached hydrogen (secondary N) is 1. The normalized spacial score (nSPS) is 15.0. The van der Waals surface area contributed by atoms with E-state index in [1.165, 1.54) is 24.1 Å². The van der Waals surface area contributed by atoms with Crippen molar-refractivity contribution in [3.63, 3.8) is 0 Å². The summed E-state index contributed by atoms with van der Waals surface area (Å²) in [6.45, 7) is 1.96. The summed E-state index contributed by atoms with van der Waals surface area (Å²) >= 11 is 1.96. The summed E-state index contributed by atoms with van der Waals surface area (Å²) in [4.78, 5) is 3.05. The first kappa shape index (κ1) is 13.4. The van der Waals surface area contributed by atoms with Gasteiger partial charge in [-0.05, 0) is 50.3 Å². The number of nitrogens with two attached hydrogens (primary N) is 1. The quantitative estimate of drug-likeness (QED) is 0.233. The highest BCUT2D eigenvalue weighted by Crippen LogP contribution is 2.30. The van der Waals surface area contributed by atoms with E-state index in [0.29, 0.717) is 12.3 Å². The van der Waals surface area contributed by atoms with E-state index in [9.17, 15) is 0 Å². The van der Waals surface area contributed by atoms with Gasteiger partial charge in [0.25, 0.3) is 0 Å². The molecule has 0 saturated heterocycles. The molecule has 0 fully saturated rings. The second-order valence-electron chi connectivity index (χ2n) is 4.74. The van der Waals surface area contributed by atoms with Gasteiger partial charge in [0.1, 0.15) is 5.84 Å². The molecule has 0 aromatic carbocycles. The number of unbranched alkanes of at least 4 members (excludes halogenated alkanes) is 1. The van der Waals surface area contributed by atoms with Crippen LogP contribution in [0, 0.1) is 0 Å². The van der Waals surface area contributed by atoms with Gasteiger partial charge in [-0.1, -0.05) is 5.16 Å². The molecular weight excluding hydrogens is 246 g/mol. The van der Waals surface area contributed by atoms with Crippen molar-refractivity contribution < 1.29 is 5.21 Å². The molecule has 5 heteroatoms. The first-order chi connectivity index (χ1) is 8.79. The molecule has 1 aromatic rings. The first-order valence-electron chi connectivity index (χ1n) is 6.57. The molecular formula is C13H21N3OS. The SMILES string of the molecule is NC(CCCCNCc1cc2c(s1)CCC2)=NO. The predicted octanol–water partition coefficient (Wildman–Crippen LogP) is 2.24. The number of oxime groups is 1. The molecule has 1 aliphatic rings. The second-order valence-corrected chi connectivity index (χ2v) is 5.96. The fourth-order valence-electron chi connectivity index (χ4n) is 2.30. The Morgan fingerprint density at radius 1 is 1.44 bits per heavy atom. The zero-order chi connectivity index (χ0) is 12.8. The molecule has 0 bridgehead atoms. The molecule has 2 rings (SSSR count). The maximum Gasteiger partial charge on any atom is 0.139 e. The van der Waals surface area contributed by atoms with Crippen molar-refractivity contribution in [2.24, 2.45) is 10.9 Å². The number of rotatable bonds is 7. The van der Waals surface area contributed by atoms with Crippen molar-refractivity contribution in [2.45, 2.75) is 45.1 Å². The van der Waals surface area contributed by atoms with Gasteiger partial charge < -0.3 is 16.3 Å². The monoisotopic (exact) mass is 267 g/mol. The van der Waals surface area contributed by atoms with Gasteiger partial charge in [0.05, 0.1) is 0 Å². The zero-order valence-corrected chi connectivity index (χ0v) is 11.4. The van der Waals surface area contributed by atoms with Crippen LogP contribution in [0.25, 0.3) is 0 Å². The Hall–Kier alpha value is -1.07. The van der Waals surface area contributed by atoms with Crippen molar-refractivity contribution >= 4 is 17.2 Å². The third-order valence-electron chi connectivity index (χ3n) is 3.26. The molecule has 1 aromatic heterocycles. The third kappa shape index (κ3) is 3.71. The Bertz CT molecular complexity index is 393. The fourth-order valence-corrected chi connectivity index (χ4v) is 3.53. The largest absolute Gasteiger partial charge is 0.409 e. The molecule has 1 aliphatic carbocycles. The highest BCUT2D eigenvalue weighted by atomic mass is 32.1. The maximum absolute atomic E-state index is 8.39. The van der Waals surface area contributed by atoms with Gasteiger partial charge in [0.2, 0.25) is 0 Å². The topological polar surface area (TPSA) is 70.6 Å². The van der Waals surface area contributed by atoms with E-state index in [1.807, 2.05) is 11.3 Å². The number of amidine groups is 1. The van der Waals surface area contributed by atoms with Crippen LogP contribution >= 0.6 is 11.3 Å². The standard InChI is InChI=1S/C13H21N3OS/c14-13(16-17)6-1-2-7-15-9-11-8-10-4-3-5-12(10)18-11/h8,15,17H,1-7,9H2,(H2,14,16). The Morgan fingerprint density at radius 3 is 3.11 bits per heavy atom. The van der Waals surface area contributed by atoms with E-state index in [2.05, 4.69) is 16.5 Å². The number of hydrogen-bond acceptors (Lipinski definition) is 4. The van der Waals surface area contributed by atoms with E-state index >= 15 is 0 Å². The van der Waals surface area contributed by atoms with Crippen LogP contribution in [0.2, 0.25) is 0 Å². The van der Waals surface area contributed by atoms with Gasteiger partial charge in [0, 0.05) is 22.7 Å². The van der Waals surface area contributed by atoms with E-state index in [1.54, 1.807) is 10.4 Å². The van der Waals surface area contributed by atoms with Crippen LogP contribution in [0.3, 0.4) is 0 Å². The minimum Gasteiger partial charge on any atom is -0.409 e. The van der Waals surface area contributed by atoms with Crippen LogP contribution < -0.4 is 11.1 Å². The molecule has 0 spiro atoms. The highest BCUT2D eigenvalue weighted by Gasteiger charge is 2.14. The molecule has 0 amide bonds. The van der Waals surface area contributed by atoms with E-state index in [-0.39, 0.29) is 0 Å². The Labute approximate surface area is 112 Å². The van der Waals surface area contributed by atoms with Crippen LogP contribution in [0.1, 0.15) is 41.0 Å². The fraction of sp³-hybridized carbons (Fsp3) is 0.615. The van der Waals surface area contributed by atoms with Crippen LogP contribution in [0.5, 0.6) is 0 Å². The number of fused-ring (bicyclic) bond motifs is 1. The van der Waals surface area contributed by atoms with Crippen molar-refractivity contribution in [3.05, 3.63) is 21.4 Å². The average Bonchev–Trinajstić information content (AvgIpc) is 2.93. The molecule has 18 heavy (non-hydrogen) atoms. The zero-order valence-electron chi connectivity index (χ0n) is 10.6. The number of hydrogen-bond donors (Lipinski definition) is 3. The number of thiophene rings is 1. The van der Waals surface area contributed by atoms with Gasteiger partial charge in [-0.3, -0.25) is 0 Å². The Kier molecular flexibility index (Phi) is 5.01.